The van der Waals surface area contributed by atoms with Gasteiger partial charge in [0, 0.05) is 22.0 Å². The fraction of sp³-hybridized carbons (Fsp3) is 0.200. The third kappa shape index (κ3) is 5.01. The lowest BCUT2D eigenvalue weighted by Crippen LogP contribution is -2.12. The molecule has 2 aromatic carbocycles. The summed E-state index contributed by atoms with van der Waals surface area (Å²) in [5, 5.41) is 5.67. The summed E-state index contributed by atoms with van der Waals surface area (Å²) < 4.78 is 41.0. The summed E-state index contributed by atoms with van der Waals surface area (Å²) in [6, 6.07) is 14.4. The Hall–Kier alpha value is -2.61. The number of hydrogen-bond acceptors (Lipinski definition) is 4. The highest BCUT2D eigenvalue weighted by Gasteiger charge is 2.35. The number of alkyl halides is 3. The molecule has 3 aromatic rings. The van der Waals surface area contributed by atoms with Crippen molar-refractivity contribution in [3.8, 4) is 0 Å². The van der Waals surface area contributed by atoms with E-state index in [1.807, 2.05) is 24.3 Å². The van der Waals surface area contributed by atoms with Crippen LogP contribution < -0.4 is 10.6 Å². The molecular formula is C20H18BrF3N4. The van der Waals surface area contributed by atoms with Crippen LogP contribution in [0.4, 0.5) is 36.3 Å². The van der Waals surface area contributed by atoms with Gasteiger partial charge < -0.3 is 10.6 Å². The number of hydrogen-bond donors (Lipinski definition) is 2. The zero-order chi connectivity index (χ0) is 20.3. The lowest BCUT2D eigenvalue weighted by atomic mass is 10.0. The van der Waals surface area contributed by atoms with Crippen LogP contribution in [0.15, 0.2) is 59.2 Å². The topological polar surface area (TPSA) is 49.8 Å². The van der Waals surface area contributed by atoms with Gasteiger partial charge in [-0.25, -0.2) is 4.98 Å². The molecule has 1 aromatic heterocycles. The van der Waals surface area contributed by atoms with Gasteiger partial charge in [0.15, 0.2) is 0 Å². The van der Waals surface area contributed by atoms with E-state index in [2.05, 4.69) is 50.4 Å². The number of nitrogens with zero attached hydrogens (tertiary/aromatic N) is 2. The van der Waals surface area contributed by atoms with Gasteiger partial charge in [0.2, 0.25) is 5.95 Å². The second-order valence-corrected chi connectivity index (χ2v) is 7.40. The van der Waals surface area contributed by atoms with Gasteiger partial charge in [0.1, 0.15) is 11.4 Å². The molecule has 0 saturated carbocycles. The molecule has 2 N–H and O–H groups in total. The molecule has 0 aliphatic rings. The van der Waals surface area contributed by atoms with E-state index in [-0.39, 0.29) is 11.8 Å². The molecule has 0 unspecified atom stereocenters. The predicted octanol–water partition coefficient (Wildman–Crippen LogP) is 6.87. The lowest BCUT2D eigenvalue weighted by molar-refractivity contribution is -0.137. The summed E-state index contributed by atoms with van der Waals surface area (Å²) in [5.41, 5.74) is 1.35. The van der Waals surface area contributed by atoms with Crippen molar-refractivity contribution >= 4 is 39.1 Å². The first-order valence-electron chi connectivity index (χ1n) is 8.56. The standard InChI is InChI=1S/C20H18BrF3N4/c1-12(2)13-3-7-15(8-4-13)26-18-17(20(22,23)24)11-25-19(28-18)27-16-9-5-14(21)6-10-16/h3-12H,1-2H3,(H2,25,26,27,28). The summed E-state index contributed by atoms with van der Waals surface area (Å²) >= 11 is 3.33. The Balaban J connectivity index is 1.90. The molecule has 1 heterocycles. The first-order valence-corrected chi connectivity index (χ1v) is 9.35. The van der Waals surface area contributed by atoms with Crippen molar-refractivity contribution in [2.24, 2.45) is 0 Å². The molecule has 0 fully saturated rings. The van der Waals surface area contributed by atoms with E-state index >= 15 is 0 Å². The van der Waals surface area contributed by atoms with Gasteiger partial charge in [-0.3, -0.25) is 0 Å². The van der Waals surface area contributed by atoms with E-state index in [1.165, 1.54) is 0 Å². The minimum absolute atomic E-state index is 0.0663. The van der Waals surface area contributed by atoms with Crippen molar-refractivity contribution in [3.05, 3.63) is 70.3 Å². The summed E-state index contributed by atoms with van der Waals surface area (Å²) in [5.74, 6) is 0.0941. The van der Waals surface area contributed by atoms with E-state index in [9.17, 15) is 13.2 Å². The smallest absolute Gasteiger partial charge is 0.340 e. The van der Waals surface area contributed by atoms with Gasteiger partial charge in [0.05, 0.1) is 0 Å². The zero-order valence-corrected chi connectivity index (χ0v) is 16.8. The summed E-state index contributed by atoms with van der Waals surface area (Å²) in [6.45, 7) is 4.10. The number of aromatic nitrogens is 2. The maximum atomic E-state index is 13.4. The fourth-order valence-electron chi connectivity index (χ4n) is 2.50. The Morgan fingerprint density at radius 2 is 1.46 bits per heavy atom. The summed E-state index contributed by atoms with van der Waals surface area (Å²) in [4.78, 5) is 7.85. The van der Waals surface area contributed by atoms with Gasteiger partial charge in [-0.2, -0.15) is 18.2 Å². The molecule has 0 aliphatic carbocycles. The van der Waals surface area contributed by atoms with Crippen LogP contribution in [0.3, 0.4) is 0 Å². The minimum Gasteiger partial charge on any atom is -0.340 e. The lowest BCUT2D eigenvalue weighted by Gasteiger charge is -2.15. The molecule has 0 aliphatic heterocycles. The maximum Gasteiger partial charge on any atom is 0.421 e. The van der Waals surface area contributed by atoms with Crippen LogP contribution >= 0.6 is 15.9 Å². The third-order valence-corrected chi connectivity index (χ3v) is 4.56. The Labute approximate surface area is 169 Å². The van der Waals surface area contributed by atoms with E-state index in [4.69, 9.17) is 0 Å². The highest BCUT2D eigenvalue weighted by molar-refractivity contribution is 9.10. The quantitative estimate of drug-likeness (QED) is 0.445. The van der Waals surface area contributed by atoms with Crippen LogP contribution in [0, 0.1) is 0 Å². The van der Waals surface area contributed by atoms with Crippen molar-refractivity contribution in [2.45, 2.75) is 25.9 Å². The molecule has 3 rings (SSSR count). The van der Waals surface area contributed by atoms with E-state index in [0.29, 0.717) is 17.3 Å². The van der Waals surface area contributed by atoms with Crippen molar-refractivity contribution in [3.63, 3.8) is 0 Å². The molecule has 146 valence electrons. The number of benzene rings is 2. The number of halogens is 4. The van der Waals surface area contributed by atoms with Crippen molar-refractivity contribution < 1.29 is 13.2 Å². The monoisotopic (exact) mass is 450 g/mol. The molecule has 0 atom stereocenters. The van der Waals surface area contributed by atoms with Crippen molar-refractivity contribution in [1.29, 1.82) is 0 Å². The zero-order valence-electron chi connectivity index (χ0n) is 15.2. The first kappa shape index (κ1) is 20.1. The predicted molar refractivity (Wildman–Crippen MR) is 108 cm³/mol. The van der Waals surface area contributed by atoms with Gasteiger partial charge in [-0.15, -0.1) is 0 Å². The SMILES string of the molecule is CC(C)c1ccc(Nc2nc(Nc3ccc(Br)cc3)ncc2C(F)(F)F)cc1. The summed E-state index contributed by atoms with van der Waals surface area (Å²) in [6.07, 6.45) is -3.80. The van der Waals surface area contributed by atoms with E-state index in [1.54, 1.807) is 24.3 Å². The normalized spacial score (nSPS) is 11.5. The van der Waals surface area contributed by atoms with Crippen LogP contribution in [0.2, 0.25) is 0 Å². The van der Waals surface area contributed by atoms with Crippen LogP contribution in [-0.4, -0.2) is 9.97 Å². The Bertz CT molecular complexity index is 939. The van der Waals surface area contributed by atoms with Gasteiger partial charge in [-0.05, 0) is 47.9 Å². The fourth-order valence-corrected chi connectivity index (χ4v) is 2.76. The summed E-state index contributed by atoms with van der Waals surface area (Å²) in [7, 11) is 0. The molecule has 28 heavy (non-hydrogen) atoms. The molecule has 0 spiro atoms. The molecule has 0 bridgehead atoms. The van der Waals surface area contributed by atoms with Crippen LogP contribution in [-0.2, 0) is 6.18 Å². The molecule has 8 heteroatoms. The minimum atomic E-state index is -4.57. The number of anilines is 4. The highest BCUT2D eigenvalue weighted by Crippen LogP contribution is 2.35. The maximum absolute atomic E-state index is 13.4. The van der Waals surface area contributed by atoms with Crippen LogP contribution in [0.25, 0.3) is 0 Å². The first-order chi connectivity index (χ1) is 13.2. The molecule has 0 saturated heterocycles. The Morgan fingerprint density at radius 3 is 2.04 bits per heavy atom. The van der Waals surface area contributed by atoms with Gasteiger partial charge in [0.25, 0.3) is 0 Å². The van der Waals surface area contributed by atoms with Crippen LogP contribution in [0.5, 0.6) is 0 Å². The third-order valence-electron chi connectivity index (χ3n) is 4.03. The average molecular weight is 451 g/mol. The van der Waals surface area contributed by atoms with Gasteiger partial charge in [-0.1, -0.05) is 41.9 Å². The van der Waals surface area contributed by atoms with Crippen molar-refractivity contribution in [1.82, 2.24) is 9.97 Å². The number of nitrogens with one attached hydrogen (secondary N) is 2. The number of rotatable bonds is 5. The second kappa shape index (κ2) is 8.18. The molecular weight excluding hydrogens is 433 g/mol. The Morgan fingerprint density at radius 1 is 0.893 bits per heavy atom. The molecule has 0 amide bonds. The average Bonchev–Trinajstić information content (AvgIpc) is 2.63. The van der Waals surface area contributed by atoms with E-state index in [0.717, 1.165) is 16.2 Å². The van der Waals surface area contributed by atoms with Gasteiger partial charge >= 0.3 is 6.18 Å². The largest absolute Gasteiger partial charge is 0.421 e. The molecule has 4 nitrogen and oxygen atoms in total. The second-order valence-electron chi connectivity index (χ2n) is 6.49. The molecule has 0 radical (unpaired) electrons. The Kier molecular flexibility index (Phi) is 5.88. The highest BCUT2D eigenvalue weighted by atomic mass is 79.9. The van der Waals surface area contributed by atoms with Crippen molar-refractivity contribution in [2.75, 3.05) is 10.6 Å². The van der Waals surface area contributed by atoms with Crippen LogP contribution in [0.1, 0.15) is 30.9 Å². The van der Waals surface area contributed by atoms with E-state index < -0.39 is 11.7 Å².